The highest BCUT2D eigenvalue weighted by Gasteiger charge is 2.07. The average molecular weight is 308 g/mol. The second-order valence-electron chi connectivity index (χ2n) is 5.01. The molecular formula is C17H19ClFNO. The van der Waals surface area contributed by atoms with Crippen molar-refractivity contribution in [2.45, 2.75) is 19.9 Å². The first-order chi connectivity index (χ1) is 10.1. The molecule has 0 aliphatic carbocycles. The number of rotatable bonds is 6. The summed E-state index contributed by atoms with van der Waals surface area (Å²) < 4.78 is 19.1. The zero-order chi connectivity index (χ0) is 15.2. The number of aryl methyl sites for hydroxylation is 1. The fourth-order valence-electron chi connectivity index (χ4n) is 2.05. The van der Waals surface area contributed by atoms with Crippen molar-refractivity contribution in [2.24, 2.45) is 0 Å². The Morgan fingerprint density at radius 1 is 1.24 bits per heavy atom. The normalized spacial score (nSPS) is 12.2. The van der Waals surface area contributed by atoms with E-state index in [1.54, 1.807) is 6.07 Å². The monoisotopic (exact) mass is 307 g/mol. The third-order valence-electron chi connectivity index (χ3n) is 3.25. The standard InChI is InChI=1S/C17H19ClFNO/c1-12-4-3-5-15(10-12)21-9-8-20-13(2)14-6-7-16(18)17(19)11-14/h3-7,10-11,13,20H,8-9H2,1-2H3. The van der Waals surface area contributed by atoms with Crippen LogP contribution in [-0.2, 0) is 0 Å². The molecule has 1 N–H and O–H groups in total. The second-order valence-corrected chi connectivity index (χ2v) is 5.42. The molecule has 1 unspecified atom stereocenters. The Bertz CT molecular complexity index is 603. The SMILES string of the molecule is Cc1cccc(OCCNC(C)c2ccc(Cl)c(F)c2)c1. The summed E-state index contributed by atoms with van der Waals surface area (Å²) in [5, 5.41) is 3.44. The van der Waals surface area contributed by atoms with E-state index in [0.717, 1.165) is 11.3 Å². The van der Waals surface area contributed by atoms with E-state index in [1.807, 2.05) is 44.2 Å². The van der Waals surface area contributed by atoms with E-state index in [1.165, 1.54) is 11.6 Å². The Morgan fingerprint density at radius 3 is 2.76 bits per heavy atom. The van der Waals surface area contributed by atoms with Crippen LogP contribution in [0.15, 0.2) is 42.5 Å². The first-order valence-corrected chi connectivity index (χ1v) is 7.32. The molecule has 2 aromatic rings. The minimum atomic E-state index is -0.390. The molecule has 0 saturated carbocycles. The summed E-state index contributed by atoms with van der Waals surface area (Å²) in [5.41, 5.74) is 2.04. The minimum Gasteiger partial charge on any atom is -0.492 e. The lowest BCUT2D eigenvalue weighted by atomic mass is 10.1. The highest BCUT2D eigenvalue weighted by atomic mass is 35.5. The second kappa shape index (κ2) is 7.43. The van der Waals surface area contributed by atoms with Gasteiger partial charge in [0.15, 0.2) is 0 Å². The van der Waals surface area contributed by atoms with Crippen LogP contribution in [0.3, 0.4) is 0 Å². The molecule has 0 fully saturated rings. The first-order valence-electron chi connectivity index (χ1n) is 6.94. The molecule has 2 rings (SSSR count). The van der Waals surface area contributed by atoms with Crippen LogP contribution in [-0.4, -0.2) is 13.2 Å². The third-order valence-corrected chi connectivity index (χ3v) is 3.56. The molecular weight excluding hydrogens is 289 g/mol. The lowest BCUT2D eigenvalue weighted by Gasteiger charge is -2.15. The Labute approximate surface area is 129 Å². The largest absolute Gasteiger partial charge is 0.492 e. The van der Waals surface area contributed by atoms with Gasteiger partial charge in [-0.2, -0.15) is 0 Å². The summed E-state index contributed by atoms with van der Waals surface area (Å²) in [7, 11) is 0. The topological polar surface area (TPSA) is 21.3 Å². The van der Waals surface area contributed by atoms with Crippen LogP contribution in [0.25, 0.3) is 0 Å². The molecule has 0 aliphatic heterocycles. The van der Waals surface area contributed by atoms with Gasteiger partial charge in [-0.05, 0) is 49.2 Å². The molecule has 0 saturated heterocycles. The maximum atomic E-state index is 13.4. The molecule has 112 valence electrons. The van der Waals surface area contributed by atoms with Gasteiger partial charge >= 0.3 is 0 Å². The summed E-state index contributed by atoms with van der Waals surface area (Å²) in [6.07, 6.45) is 0. The highest BCUT2D eigenvalue weighted by molar-refractivity contribution is 6.30. The van der Waals surface area contributed by atoms with Crippen LogP contribution in [0.2, 0.25) is 5.02 Å². The summed E-state index contributed by atoms with van der Waals surface area (Å²) in [5.74, 6) is 0.473. The van der Waals surface area contributed by atoms with E-state index in [2.05, 4.69) is 5.32 Å². The molecule has 21 heavy (non-hydrogen) atoms. The molecule has 0 amide bonds. The fraction of sp³-hybridized carbons (Fsp3) is 0.294. The first kappa shape index (κ1) is 15.8. The van der Waals surface area contributed by atoms with Gasteiger partial charge < -0.3 is 10.1 Å². The van der Waals surface area contributed by atoms with Crippen molar-refractivity contribution in [1.29, 1.82) is 0 Å². The highest BCUT2D eigenvalue weighted by Crippen LogP contribution is 2.20. The summed E-state index contributed by atoms with van der Waals surface area (Å²) >= 11 is 5.68. The van der Waals surface area contributed by atoms with Crippen LogP contribution >= 0.6 is 11.6 Å². The van der Waals surface area contributed by atoms with Gasteiger partial charge in [0.2, 0.25) is 0 Å². The molecule has 0 heterocycles. The number of hydrogen-bond donors (Lipinski definition) is 1. The molecule has 2 nitrogen and oxygen atoms in total. The van der Waals surface area contributed by atoms with Crippen molar-refractivity contribution in [3.8, 4) is 5.75 Å². The van der Waals surface area contributed by atoms with Gasteiger partial charge in [-0.3, -0.25) is 0 Å². The van der Waals surface area contributed by atoms with Gasteiger partial charge in [-0.15, -0.1) is 0 Å². The molecule has 1 atom stereocenters. The van der Waals surface area contributed by atoms with Crippen LogP contribution in [0, 0.1) is 12.7 Å². The number of hydrogen-bond acceptors (Lipinski definition) is 2. The minimum absolute atomic E-state index is 0.0397. The van der Waals surface area contributed by atoms with E-state index in [4.69, 9.17) is 16.3 Å². The molecule has 4 heteroatoms. The molecule has 0 spiro atoms. The lowest BCUT2D eigenvalue weighted by molar-refractivity contribution is 0.307. The van der Waals surface area contributed by atoms with Gasteiger partial charge in [0.25, 0.3) is 0 Å². The fourth-order valence-corrected chi connectivity index (χ4v) is 2.17. The van der Waals surface area contributed by atoms with Crippen molar-refractivity contribution < 1.29 is 9.13 Å². The Morgan fingerprint density at radius 2 is 2.05 bits per heavy atom. The van der Waals surface area contributed by atoms with Crippen molar-refractivity contribution in [2.75, 3.05) is 13.2 Å². The Kier molecular flexibility index (Phi) is 5.59. The number of halogens is 2. The van der Waals surface area contributed by atoms with Crippen LogP contribution in [0.4, 0.5) is 4.39 Å². The molecule has 0 aliphatic rings. The Hall–Kier alpha value is -1.58. The van der Waals surface area contributed by atoms with Gasteiger partial charge in [-0.25, -0.2) is 4.39 Å². The van der Waals surface area contributed by atoms with Crippen LogP contribution in [0.1, 0.15) is 24.1 Å². The maximum Gasteiger partial charge on any atom is 0.142 e. The summed E-state index contributed by atoms with van der Waals surface area (Å²) in [6.45, 7) is 5.25. The Balaban J connectivity index is 1.79. The zero-order valence-electron chi connectivity index (χ0n) is 12.2. The molecule has 0 radical (unpaired) electrons. The van der Waals surface area contributed by atoms with Crippen LogP contribution in [0.5, 0.6) is 5.75 Å². The van der Waals surface area contributed by atoms with E-state index in [-0.39, 0.29) is 16.9 Å². The van der Waals surface area contributed by atoms with E-state index < -0.39 is 0 Å². The molecule has 2 aromatic carbocycles. The van der Waals surface area contributed by atoms with Gasteiger partial charge in [0, 0.05) is 12.6 Å². The van der Waals surface area contributed by atoms with Crippen molar-refractivity contribution in [1.82, 2.24) is 5.32 Å². The molecule has 0 aromatic heterocycles. The van der Waals surface area contributed by atoms with Gasteiger partial charge in [0.1, 0.15) is 18.2 Å². The van der Waals surface area contributed by atoms with Crippen molar-refractivity contribution in [3.63, 3.8) is 0 Å². The lowest BCUT2D eigenvalue weighted by Crippen LogP contribution is -2.24. The van der Waals surface area contributed by atoms with Crippen LogP contribution < -0.4 is 10.1 Å². The third kappa shape index (κ3) is 4.73. The van der Waals surface area contributed by atoms with E-state index >= 15 is 0 Å². The summed E-state index contributed by atoms with van der Waals surface area (Å²) in [4.78, 5) is 0. The number of benzene rings is 2. The van der Waals surface area contributed by atoms with Crippen molar-refractivity contribution in [3.05, 3.63) is 64.4 Å². The predicted octanol–water partition coefficient (Wildman–Crippen LogP) is 4.52. The zero-order valence-corrected chi connectivity index (χ0v) is 13.0. The number of ether oxygens (including phenoxy) is 1. The molecule has 0 bridgehead atoms. The predicted molar refractivity (Wildman–Crippen MR) is 84.5 cm³/mol. The van der Waals surface area contributed by atoms with E-state index in [9.17, 15) is 4.39 Å². The van der Waals surface area contributed by atoms with Gasteiger partial charge in [-0.1, -0.05) is 29.8 Å². The van der Waals surface area contributed by atoms with E-state index in [0.29, 0.717) is 13.2 Å². The summed E-state index contributed by atoms with van der Waals surface area (Å²) in [6, 6.07) is 12.8. The van der Waals surface area contributed by atoms with Crippen molar-refractivity contribution >= 4 is 11.6 Å². The maximum absolute atomic E-state index is 13.4. The smallest absolute Gasteiger partial charge is 0.142 e. The number of nitrogens with one attached hydrogen (secondary N) is 1. The average Bonchev–Trinajstić information content (AvgIpc) is 2.46. The van der Waals surface area contributed by atoms with Gasteiger partial charge in [0.05, 0.1) is 5.02 Å². The quantitative estimate of drug-likeness (QED) is 0.792.